The van der Waals surface area contributed by atoms with Crippen molar-refractivity contribution in [2.45, 2.75) is 38.8 Å². The largest absolute Gasteiger partial charge is 0.393 e. The average molecular weight is 310 g/mol. The second-order valence-electron chi connectivity index (χ2n) is 5.56. The molecule has 0 aromatic heterocycles. The van der Waals surface area contributed by atoms with Gasteiger partial charge in [-0.15, -0.1) is 0 Å². The third kappa shape index (κ3) is 4.33. The molecule has 0 aliphatic heterocycles. The minimum absolute atomic E-state index is 0.0403. The van der Waals surface area contributed by atoms with Crippen LogP contribution in [0, 0.1) is 17.8 Å². The van der Waals surface area contributed by atoms with Crippen molar-refractivity contribution in [2.24, 2.45) is 23.5 Å². The maximum absolute atomic E-state index is 13.0. The molecule has 0 saturated heterocycles. The van der Waals surface area contributed by atoms with Gasteiger partial charge in [0.25, 0.3) is 0 Å². The van der Waals surface area contributed by atoms with Crippen molar-refractivity contribution in [1.29, 1.82) is 0 Å². The molecule has 3 atom stereocenters. The fourth-order valence-corrected chi connectivity index (χ4v) is 2.77. The standard InChI is InChI=1S/C13H21F3N2OS/c1-8(11(17)20)7-18(2)12(19)9-5-3-4-6-10(9)13(14,15)16/h8-10H,3-7H2,1-2H3,(H2,17,20). The smallest absolute Gasteiger partial charge is 0.392 e. The predicted molar refractivity (Wildman–Crippen MR) is 75.1 cm³/mol. The number of halogens is 3. The molecule has 0 radical (unpaired) electrons. The van der Waals surface area contributed by atoms with Crippen LogP contribution in [0.25, 0.3) is 0 Å². The molecule has 3 nitrogen and oxygen atoms in total. The van der Waals surface area contributed by atoms with Gasteiger partial charge in [-0.2, -0.15) is 13.2 Å². The lowest BCUT2D eigenvalue weighted by atomic mass is 9.78. The van der Waals surface area contributed by atoms with Gasteiger partial charge in [-0.3, -0.25) is 4.79 Å². The summed E-state index contributed by atoms with van der Waals surface area (Å²) in [6, 6.07) is 0. The maximum atomic E-state index is 13.0. The van der Waals surface area contributed by atoms with Gasteiger partial charge < -0.3 is 10.6 Å². The van der Waals surface area contributed by atoms with Gasteiger partial charge in [0.15, 0.2) is 0 Å². The Bertz CT molecular complexity index is 373. The van der Waals surface area contributed by atoms with Gasteiger partial charge in [0.05, 0.1) is 10.9 Å². The summed E-state index contributed by atoms with van der Waals surface area (Å²) in [5.74, 6) is -3.14. The Morgan fingerprint density at radius 2 is 1.95 bits per heavy atom. The van der Waals surface area contributed by atoms with E-state index in [0.717, 1.165) is 0 Å². The number of carbonyl (C=O) groups excluding carboxylic acids is 1. The van der Waals surface area contributed by atoms with Gasteiger partial charge in [-0.05, 0) is 12.8 Å². The van der Waals surface area contributed by atoms with Crippen LogP contribution >= 0.6 is 12.2 Å². The second-order valence-corrected chi connectivity index (χ2v) is 6.03. The van der Waals surface area contributed by atoms with E-state index in [9.17, 15) is 18.0 Å². The molecular weight excluding hydrogens is 289 g/mol. The Balaban J connectivity index is 2.75. The quantitative estimate of drug-likeness (QED) is 0.812. The molecule has 0 bridgehead atoms. The van der Waals surface area contributed by atoms with Gasteiger partial charge in [0.1, 0.15) is 0 Å². The topological polar surface area (TPSA) is 46.3 Å². The molecule has 116 valence electrons. The summed E-state index contributed by atoms with van der Waals surface area (Å²) < 4.78 is 39.0. The van der Waals surface area contributed by atoms with Crippen LogP contribution in [-0.2, 0) is 4.79 Å². The summed E-state index contributed by atoms with van der Waals surface area (Å²) in [4.78, 5) is 13.9. The number of nitrogens with zero attached hydrogens (tertiary/aromatic N) is 1. The van der Waals surface area contributed by atoms with Crippen molar-refractivity contribution in [1.82, 2.24) is 4.90 Å². The Kier molecular flexibility index (Phi) is 5.79. The van der Waals surface area contributed by atoms with E-state index < -0.39 is 23.9 Å². The number of nitrogens with two attached hydrogens (primary N) is 1. The van der Waals surface area contributed by atoms with Crippen molar-refractivity contribution in [2.75, 3.05) is 13.6 Å². The molecule has 1 rings (SSSR count). The van der Waals surface area contributed by atoms with Crippen molar-refractivity contribution < 1.29 is 18.0 Å². The fraction of sp³-hybridized carbons (Fsp3) is 0.846. The van der Waals surface area contributed by atoms with Crippen molar-refractivity contribution in [3.63, 3.8) is 0 Å². The highest BCUT2D eigenvalue weighted by atomic mass is 32.1. The molecule has 1 aliphatic rings. The molecule has 7 heteroatoms. The van der Waals surface area contributed by atoms with Gasteiger partial charge in [0, 0.05) is 25.4 Å². The van der Waals surface area contributed by atoms with Crippen LogP contribution in [0.1, 0.15) is 32.6 Å². The molecule has 0 heterocycles. The highest BCUT2D eigenvalue weighted by Gasteiger charge is 2.48. The first-order valence-corrected chi connectivity index (χ1v) is 7.16. The highest BCUT2D eigenvalue weighted by molar-refractivity contribution is 7.80. The lowest BCUT2D eigenvalue weighted by Crippen LogP contribution is -2.45. The monoisotopic (exact) mass is 310 g/mol. The molecule has 20 heavy (non-hydrogen) atoms. The van der Waals surface area contributed by atoms with Crippen molar-refractivity contribution >= 4 is 23.1 Å². The normalized spacial score (nSPS) is 25.1. The van der Waals surface area contributed by atoms with Crippen LogP contribution in [0.5, 0.6) is 0 Å². The number of thiocarbonyl (C=S) groups is 1. The molecule has 2 N–H and O–H groups in total. The Hall–Kier alpha value is -0.850. The molecule has 1 aliphatic carbocycles. The van der Waals surface area contributed by atoms with Crippen molar-refractivity contribution in [3.05, 3.63) is 0 Å². The number of rotatable bonds is 4. The number of carbonyl (C=O) groups is 1. The summed E-state index contributed by atoms with van der Waals surface area (Å²) in [6.07, 6.45) is -2.77. The summed E-state index contributed by atoms with van der Waals surface area (Å²) in [7, 11) is 1.51. The van der Waals surface area contributed by atoms with E-state index in [1.807, 2.05) is 0 Å². The van der Waals surface area contributed by atoms with Crippen LogP contribution in [0.3, 0.4) is 0 Å². The zero-order valence-electron chi connectivity index (χ0n) is 11.7. The number of hydrogen-bond donors (Lipinski definition) is 1. The number of hydrogen-bond acceptors (Lipinski definition) is 2. The maximum Gasteiger partial charge on any atom is 0.392 e. The number of alkyl halides is 3. The molecule has 1 fully saturated rings. The minimum atomic E-state index is -4.31. The SMILES string of the molecule is CC(CN(C)C(=O)C1CCCCC1C(F)(F)F)C(N)=S. The summed E-state index contributed by atoms with van der Waals surface area (Å²) in [6.45, 7) is 2.02. The molecule has 0 spiro atoms. The van der Waals surface area contributed by atoms with E-state index >= 15 is 0 Å². The van der Waals surface area contributed by atoms with E-state index in [1.165, 1.54) is 11.9 Å². The third-order valence-corrected chi connectivity index (χ3v) is 4.32. The molecular formula is C13H21F3N2OS. The lowest BCUT2D eigenvalue weighted by Gasteiger charge is -2.35. The van der Waals surface area contributed by atoms with E-state index in [-0.39, 0.29) is 23.9 Å². The van der Waals surface area contributed by atoms with Gasteiger partial charge in [0.2, 0.25) is 5.91 Å². The summed E-state index contributed by atoms with van der Waals surface area (Å²) in [5.41, 5.74) is 5.47. The van der Waals surface area contributed by atoms with Gasteiger partial charge >= 0.3 is 6.18 Å². The lowest BCUT2D eigenvalue weighted by molar-refractivity contribution is -0.200. The fourth-order valence-electron chi connectivity index (χ4n) is 2.69. The Labute approximate surface area is 122 Å². The summed E-state index contributed by atoms with van der Waals surface area (Å²) >= 11 is 4.82. The molecule has 0 aromatic rings. The Morgan fingerprint density at radius 1 is 1.40 bits per heavy atom. The van der Waals surface area contributed by atoms with Crippen LogP contribution in [0.4, 0.5) is 13.2 Å². The Morgan fingerprint density at radius 3 is 2.45 bits per heavy atom. The van der Waals surface area contributed by atoms with E-state index in [1.54, 1.807) is 6.92 Å². The molecule has 1 amide bonds. The van der Waals surface area contributed by atoms with Gasteiger partial charge in [-0.25, -0.2) is 0 Å². The van der Waals surface area contributed by atoms with E-state index in [4.69, 9.17) is 18.0 Å². The van der Waals surface area contributed by atoms with Crippen LogP contribution in [0.2, 0.25) is 0 Å². The van der Waals surface area contributed by atoms with Crippen molar-refractivity contribution in [3.8, 4) is 0 Å². The zero-order chi connectivity index (χ0) is 15.5. The van der Waals surface area contributed by atoms with Crippen LogP contribution < -0.4 is 5.73 Å². The van der Waals surface area contributed by atoms with Crippen LogP contribution in [-0.4, -0.2) is 35.6 Å². The molecule has 3 unspecified atom stereocenters. The average Bonchev–Trinajstić information content (AvgIpc) is 2.36. The number of amides is 1. The van der Waals surface area contributed by atoms with E-state index in [2.05, 4.69) is 0 Å². The van der Waals surface area contributed by atoms with Crippen LogP contribution in [0.15, 0.2) is 0 Å². The first kappa shape index (κ1) is 17.2. The molecule has 0 aromatic carbocycles. The predicted octanol–water partition coefficient (Wildman–Crippen LogP) is 2.74. The second kappa shape index (κ2) is 6.74. The minimum Gasteiger partial charge on any atom is -0.393 e. The third-order valence-electron chi connectivity index (χ3n) is 3.91. The summed E-state index contributed by atoms with van der Waals surface area (Å²) in [5, 5.41) is 0. The first-order chi connectivity index (χ1) is 9.14. The molecule has 1 saturated carbocycles. The highest BCUT2D eigenvalue weighted by Crippen LogP contribution is 2.42. The van der Waals surface area contributed by atoms with Gasteiger partial charge in [-0.1, -0.05) is 32.0 Å². The zero-order valence-corrected chi connectivity index (χ0v) is 12.6. The first-order valence-electron chi connectivity index (χ1n) is 6.75. The van der Waals surface area contributed by atoms with E-state index in [0.29, 0.717) is 19.3 Å².